The molecule has 2 aromatic heterocycles. The minimum Gasteiger partial charge on any atom is -0.478 e. The number of carbonyl (C=O) groups is 1. The Hall–Kier alpha value is -4.65. The normalized spacial score (nSPS) is 13.8. The third kappa shape index (κ3) is 5.54. The average Bonchev–Trinajstić information content (AvgIpc) is 3.39. The van der Waals surface area contributed by atoms with Gasteiger partial charge < -0.3 is 20.3 Å². The van der Waals surface area contributed by atoms with Crippen molar-refractivity contribution in [3.8, 4) is 11.4 Å². The molecule has 7 heteroatoms. The van der Waals surface area contributed by atoms with Crippen LogP contribution in [-0.4, -0.2) is 25.6 Å². The molecule has 0 amide bonds. The van der Waals surface area contributed by atoms with E-state index in [4.69, 9.17) is 4.98 Å². The van der Waals surface area contributed by atoms with Gasteiger partial charge in [-0.15, -0.1) is 0 Å². The molecular formula is C33H33N5O2. The predicted molar refractivity (Wildman–Crippen MR) is 160 cm³/mol. The zero-order chi connectivity index (χ0) is 27.3. The van der Waals surface area contributed by atoms with Crippen LogP contribution in [-0.2, 0) is 13.1 Å². The maximum absolute atomic E-state index is 11.6. The van der Waals surface area contributed by atoms with E-state index in [0.29, 0.717) is 19.1 Å². The summed E-state index contributed by atoms with van der Waals surface area (Å²) in [6.07, 6.45) is 9.58. The number of nitrogens with zero attached hydrogens (tertiary/aromatic N) is 3. The minimum absolute atomic E-state index is 0.268. The highest BCUT2D eigenvalue weighted by Crippen LogP contribution is 2.36. The van der Waals surface area contributed by atoms with Crippen LogP contribution in [0.3, 0.4) is 0 Å². The first-order chi connectivity index (χ1) is 19.7. The molecule has 1 fully saturated rings. The number of aromatic nitrogens is 3. The highest BCUT2D eigenvalue weighted by Gasteiger charge is 2.23. The first kappa shape index (κ1) is 25.6. The molecule has 0 bridgehead atoms. The van der Waals surface area contributed by atoms with Crippen LogP contribution in [0.15, 0.2) is 91.3 Å². The Labute approximate surface area is 233 Å². The second kappa shape index (κ2) is 11.6. The van der Waals surface area contributed by atoms with E-state index < -0.39 is 5.97 Å². The lowest BCUT2D eigenvalue weighted by Gasteiger charge is -2.25. The van der Waals surface area contributed by atoms with E-state index in [1.54, 1.807) is 18.3 Å². The Kier molecular flexibility index (Phi) is 7.44. The van der Waals surface area contributed by atoms with Gasteiger partial charge in [-0.1, -0.05) is 61.7 Å². The summed E-state index contributed by atoms with van der Waals surface area (Å²) in [5, 5.41) is 16.6. The summed E-state index contributed by atoms with van der Waals surface area (Å²) in [7, 11) is 0. The topological polar surface area (TPSA) is 92.1 Å². The summed E-state index contributed by atoms with van der Waals surface area (Å²) in [6, 6.07) is 26.4. The Morgan fingerprint density at radius 2 is 1.57 bits per heavy atom. The molecule has 0 aliphatic heterocycles. The van der Waals surface area contributed by atoms with Gasteiger partial charge in [0.05, 0.1) is 28.0 Å². The van der Waals surface area contributed by atoms with Gasteiger partial charge in [-0.2, -0.15) is 0 Å². The predicted octanol–water partition coefficient (Wildman–Crippen LogP) is 7.53. The number of pyridine rings is 1. The van der Waals surface area contributed by atoms with Gasteiger partial charge in [0.1, 0.15) is 5.82 Å². The van der Waals surface area contributed by atoms with E-state index in [2.05, 4.69) is 62.6 Å². The van der Waals surface area contributed by atoms with E-state index in [9.17, 15) is 9.90 Å². The lowest BCUT2D eigenvalue weighted by Crippen LogP contribution is -2.14. The number of imidazole rings is 1. The van der Waals surface area contributed by atoms with E-state index in [-0.39, 0.29) is 5.56 Å². The molecule has 1 aliphatic rings. The van der Waals surface area contributed by atoms with Crippen LogP contribution in [0.5, 0.6) is 0 Å². The van der Waals surface area contributed by atoms with Crippen LogP contribution < -0.4 is 10.6 Å². The van der Waals surface area contributed by atoms with Crippen LogP contribution in [0.1, 0.15) is 59.6 Å². The summed E-state index contributed by atoms with van der Waals surface area (Å²) in [6.45, 7) is 1.39. The van der Waals surface area contributed by atoms with Crippen molar-refractivity contribution in [2.24, 2.45) is 0 Å². The molecule has 0 radical (unpaired) electrons. The SMILES string of the molecule is O=C(O)c1ccc2c(c1)nc(-c1ccc(CNc3ccccc3NCc3cccnc3)cc1)n2C1CCCCC1. The number of para-hydroxylation sites is 2. The van der Waals surface area contributed by atoms with E-state index in [0.717, 1.165) is 52.2 Å². The third-order valence-corrected chi connectivity index (χ3v) is 7.70. The van der Waals surface area contributed by atoms with Gasteiger partial charge in [0.15, 0.2) is 0 Å². The molecule has 6 rings (SSSR count). The molecule has 7 nitrogen and oxygen atoms in total. The van der Waals surface area contributed by atoms with Gasteiger partial charge in [0, 0.05) is 37.1 Å². The van der Waals surface area contributed by atoms with Gasteiger partial charge in [-0.05, 0) is 60.4 Å². The van der Waals surface area contributed by atoms with Crippen LogP contribution in [0.25, 0.3) is 22.4 Å². The van der Waals surface area contributed by atoms with Gasteiger partial charge in [-0.25, -0.2) is 9.78 Å². The molecule has 0 spiro atoms. The van der Waals surface area contributed by atoms with Crippen LogP contribution in [0, 0.1) is 0 Å². The molecule has 0 unspecified atom stereocenters. The molecule has 0 saturated heterocycles. The van der Waals surface area contributed by atoms with E-state index in [1.165, 1.54) is 24.8 Å². The lowest BCUT2D eigenvalue weighted by molar-refractivity contribution is 0.0697. The summed E-state index contributed by atoms with van der Waals surface area (Å²) in [5.74, 6) is -0.0183. The van der Waals surface area contributed by atoms with Crippen molar-refractivity contribution in [2.45, 2.75) is 51.2 Å². The summed E-state index contributed by atoms with van der Waals surface area (Å²) < 4.78 is 2.34. The zero-order valence-corrected chi connectivity index (χ0v) is 22.4. The second-order valence-electron chi connectivity index (χ2n) is 10.4. The number of anilines is 2. The summed E-state index contributed by atoms with van der Waals surface area (Å²) in [5.41, 5.74) is 7.44. The molecule has 3 aromatic carbocycles. The van der Waals surface area contributed by atoms with E-state index >= 15 is 0 Å². The number of nitrogens with one attached hydrogen (secondary N) is 2. The monoisotopic (exact) mass is 531 g/mol. The van der Waals surface area contributed by atoms with Crippen LogP contribution >= 0.6 is 0 Å². The van der Waals surface area contributed by atoms with Crippen molar-refractivity contribution in [3.63, 3.8) is 0 Å². The quantitative estimate of drug-likeness (QED) is 0.182. The molecule has 0 atom stereocenters. The van der Waals surface area contributed by atoms with Crippen molar-refractivity contribution >= 4 is 28.4 Å². The summed E-state index contributed by atoms with van der Waals surface area (Å²) in [4.78, 5) is 20.7. The van der Waals surface area contributed by atoms with E-state index in [1.807, 2.05) is 30.5 Å². The standard InChI is InChI=1S/C33H33N5O2/c39-33(40)26-16-17-31-30(19-26)37-32(38(31)27-8-2-1-3-9-27)25-14-12-23(13-15-25)21-35-28-10-4-5-11-29(28)36-22-24-7-6-18-34-20-24/h4-7,10-20,27,35-36H,1-3,8-9,21-22H2,(H,39,40). The molecule has 40 heavy (non-hydrogen) atoms. The minimum atomic E-state index is -0.929. The fourth-order valence-electron chi connectivity index (χ4n) is 5.60. The molecule has 1 aliphatic carbocycles. The Morgan fingerprint density at radius 3 is 2.25 bits per heavy atom. The van der Waals surface area contributed by atoms with Crippen LogP contribution in [0.2, 0.25) is 0 Å². The number of aromatic carboxylic acids is 1. The number of fused-ring (bicyclic) bond motifs is 1. The highest BCUT2D eigenvalue weighted by molar-refractivity contribution is 5.93. The first-order valence-corrected chi connectivity index (χ1v) is 14.0. The smallest absolute Gasteiger partial charge is 0.335 e. The molecule has 5 aromatic rings. The maximum Gasteiger partial charge on any atom is 0.335 e. The largest absolute Gasteiger partial charge is 0.478 e. The molecule has 1 saturated carbocycles. The Bertz CT molecular complexity index is 1610. The van der Waals surface area contributed by atoms with Gasteiger partial charge in [0.25, 0.3) is 0 Å². The Balaban J connectivity index is 1.22. The second-order valence-corrected chi connectivity index (χ2v) is 10.4. The van der Waals surface area contributed by atoms with Crippen LogP contribution in [0.4, 0.5) is 11.4 Å². The number of carboxylic acids is 1. The fraction of sp³-hybridized carbons (Fsp3) is 0.242. The molecular weight excluding hydrogens is 498 g/mol. The Morgan fingerprint density at radius 1 is 0.850 bits per heavy atom. The number of hydrogen-bond acceptors (Lipinski definition) is 5. The molecule has 3 N–H and O–H groups in total. The van der Waals surface area contributed by atoms with Gasteiger partial charge >= 0.3 is 5.97 Å². The third-order valence-electron chi connectivity index (χ3n) is 7.70. The summed E-state index contributed by atoms with van der Waals surface area (Å²) >= 11 is 0. The number of benzene rings is 3. The average molecular weight is 532 g/mol. The number of carboxylic acid groups (broad SMARTS) is 1. The highest BCUT2D eigenvalue weighted by atomic mass is 16.4. The van der Waals surface area contributed by atoms with Crippen molar-refractivity contribution in [1.82, 2.24) is 14.5 Å². The number of hydrogen-bond donors (Lipinski definition) is 3. The van der Waals surface area contributed by atoms with Crippen molar-refractivity contribution in [3.05, 3.63) is 108 Å². The van der Waals surface area contributed by atoms with Crippen molar-refractivity contribution in [1.29, 1.82) is 0 Å². The fourth-order valence-corrected chi connectivity index (χ4v) is 5.60. The van der Waals surface area contributed by atoms with Crippen molar-refractivity contribution < 1.29 is 9.90 Å². The maximum atomic E-state index is 11.6. The molecule has 2 heterocycles. The zero-order valence-electron chi connectivity index (χ0n) is 22.4. The molecule has 202 valence electrons. The van der Waals surface area contributed by atoms with Gasteiger partial charge in [-0.3, -0.25) is 4.98 Å². The van der Waals surface area contributed by atoms with Gasteiger partial charge in [0.2, 0.25) is 0 Å². The first-order valence-electron chi connectivity index (χ1n) is 14.0. The number of rotatable bonds is 9. The van der Waals surface area contributed by atoms with Crippen molar-refractivity contribution in [2.75, 3.05) is 10.6 Å². The lowest BCUT2D eigenvalue weighted by atomic mass is 9.94.